The number of carbonyl (C=O) groups is 2. The number of aromatic nitrogens is 1. The van der Waals surface area contributed by atoms with Crippen LogP contribution in [0.1, 0.15) is 22.3 Å². The highest BCUT2D eigenvalue weighted by Gasteiger charge is 2.23. The van der Waals surface area contributed by atoms with Crippen LogP contribution in [-0.2, 0) is 16.0 Å². The number of nitrogens with zero attached hydrogens (tertiary/aromatic N) is 1. The summed E-state index contributed by atoms with van der Waals surface area (Å²) >= 11 is 0. The van der Waals surface area contributed by atoms with Gasteiger partial charge in [-0.05, 0) is 30.5 Å². The van der Waals surface area contributed by atoms with Crippen LogP contribution >= 0.6 is 0 Å². The molecule has 1 amide bonds. The zero-order valence-corrected chi connectivity index (χ0v) is 14.5. The molecular formula is C21H20N2O3. The minimum absolute atomic E-state index is 0.335. The third-order valence-corrected chi connectivity index (χ3v) is 4.23. The van der Waals surface area contributed by atoms with Crippen molar-refractivity contribution in [2.45, 2.75) is 18.9 Å². The first-order valence-corrected chi connectivity index (χ1v) is 8.45. The lowest BCUT2D eigenvalue weighted by atomic mass is 10.0. The minimum Gasteiger partial charge on any atom is -0.467 e. The predicted molar refractivity (Wildman–Crippen MR) is 99.8 cm³/mol. The number of hydrogen-bond donors (Lipinski definition) is 1. The number of amides is 1. The summed E-state index contributed by atoms with van der Waals surface area (Å²) in [6.45, 7) is 0. The Bertz CT molecular complexity index is 904. The van der Waals surface area contributed by atoms with Crippen LogP contribution < -0.4 is 5.32 Å². The third kappa shape index (κ3) is 4.06. The fraction of sp³-hybridized carbons (Fsp3) is 0.190. The molecule has 0 fully saturated rings. The lowest BCUT2D eigenvalue weighted by Crippen LogP contribution is -2.42. The van der Waals surface area contributed by atoms with Crippen LogP contribution in [0.2, 0.25) is 0 Å². The second-order valence-corrected chi connectivity index (χ2v) is 5.95. The second-order valence-electron chi connectivity index (χ2n) is 5.95. The molecule has 0 bridgehead atoms. The quantitative estimate of drug-likeness (QED) is 0.695. The molecule has 0 aliphatic rings. The van der Waals surface area contributed by atoms with Crippen molar-refractivity contribution in [3.8, 4) is 0 Å². The molecule has 132 valence electrons. The highest BCUT2D eigenvalue weighted by Crippen LogP contribution is 2.16. The summed E-state index contributed by atoms with van der Waals surface area (Å²) < 4.78 is 4.86. The Morgan fingerprint density at radius 3 is 2.58 bits per heavy atom. The molecule has 0 unspecified atom stereocenters. The summed E-state index contributed by atoms with van der Waals surface area (Å²) in [5, 5.41) is 3.67. The van der Waals surface area contributed by atoms with Crippen LogP contribution in [0.15, 0.2) is 66.9 Å². The van der Waals surface area contributed by atoms with Crippen molar-refractivity contribution < 1.29 is 14.3 Å². The van der Waals surface area contributed by atoms with Gasteiger partial charge in [0.2, 0.25) is 0 Å². The van der Waals surface area contributed by atoms with Gasteiger partial charge in [-0.15, -0.1) is 0 Å². The van der Waals surface area contributed by atoms with Crippen LogP contribution in [0.5, 0.6) is 0 Å². The molecule has 26 heavy (non-hydrogen) atoms. The molecule has 5 nitrogen and oxygen atoms in total. The fourth-order valence-electron chi connectivity index (χ4n) is 2.87. The lowest BCUT2D eigenvalue weighted by Gasteiger charge is -2.17. The summed E-state index contributed by atoms with van der Waals surface area (Å²) in [5.41, 5.74) is 2.15. The first kappa shape index (κ1) is 17.6. The zero-order valence-electron chi connectivity index (χ0n) is 14.5. The van der Waals surface area contributed by atoms with E-state index in [1.54, 1.807) is 18.3 Å². The molecule has 3 aromatic rings. The number of hydrogen-bond acceptors (Lipinski definition) is 4. The molecule has 0 aliphatic heterocycles. The van der Waals surface area contributed by atoms with Gasteiger partial charge in [0.05, 0.1) is 18.2 Å². The van der Waals surface area contributed by atoms with Gasteiger partial charge >= 0.3 is 5.97 Å². The van der Waals surface area contributed by atoms with Crippen LogP contribution in [-0.4, -0.2) is 30.0 Å². The largest absolute Gasteiger partial charge is 0.467 e. The number of para-hydroxylation sites is 1. The molecule has 0 saturated carbocycles. The lowest BCUT2D eigenvalue weighted by molar-refractivity contribution is -0.143. The van der Waals surface area contributed by atoms with Gasteiger partial charge in [-0.3, -0.25) is 9.78 Å². The normalized spacial score (nSPS) is 11.7. The van der Waals surface area contributed by atoms with E-state index in [2.05, 4.69) is 10.3 Å². The molecule has 1 heterocycles. The molecule has 2 aromatic carbocycles. The SMILES string of the molecule is COC(=O)[C@H](CCc1ccccc1)NC(=O)c1cccc2cccnc12. The van der Waals surface area contributed by atoms with E-state index in [0.29, 0.717) is 23.9 Å². The van der Waals surface area contributed by atoms with E-state index in [1.165, 1.54) is 7.11 Å². The molecule has 0 saturated heterocycles. The van der Waals surface area contributed by atoms with Gasteiger partial charge in [-0.1, -0.05) is 48.5 Å². The number of aryl methyl sites for hydroxylation is 1. The Kier molecular flexibility index (Phi) is 5.59. The number of rotatable bonds is 6. The highest BCUT2D eigenvalue weighted by molar-refractivity contribution is 6.06. The molecule has 5 heteroatoms. The Hall–Kier alpha value is -3.21. The van der Waals surface area contributed by atoms with Crippen LogP contribution in [0.25, 0.3) is 10.9 Å². The Balaban J connectivity index is 1.77. The number of nitrogens with one attached hydrogen (secondary N) is 1. The number of esters is 1. The summed E-state index contributed by atoms with van der Waals surface area (Å²) in [6.07, 6.45) is 2.77. The maximum Gasteiger partial charge on any atom is 0.328 e. The first-order chi connectivity index (χ1) is 12.7. The van der Waals surface area contributed by atoms with Crippen LogP contribution in [0.4, 0.5) is 0 Å². The maximum absolute atomic E-state index is 12.7. The van der Waals surface area contributed by atoms with Crippen molar-refractivity contribution in [1.82, 2.24) is 10.3 Å². The Morgan fingerprint density at radius 2 is 1.81 bits per heavy atom. The van der Waals surface area contributed by atoms with Crippen molar-refractivity contribution in [1.29, 1.82) is 0 Å². The summed E-state index contributed by atoms with van der Waals surface area (Å²) in [6, 6.07) is 18.2. The van der Waals surface area contributed by atoms with Crippen molar-refractivity contribution >= 4 is 22.8 Å². The minimum atomic E-state index is -0.716. The monoisotopic (exact) mass is 348 g/mol. The van der Waals surface area contributed by atoms with Gasteiger partial charge in [0.1, 0.15) is 6.04 Å². The molecule has 1 aromatic heterocycles. The fourth-order valence-corrected chi connectivity index (χ4v) is 2.87. The van der Waals surface area contributed by atoms with E-state index < -0.39 is 12.0 Å². The molecule has 3 rings (SSSR count). The van der Waals surface area contributed by atoms with Crippen LogP contribution in [0.3, 0.4) is 0 Å². The number of benzene rings is 2. The topological polar surface area (TPSA) is 68.3 Å². The predicted octanol–water partition coefficient (Wildman–Crippen LogP) is 3.14. The average molecular weight is 348 g/mol. The van der Waals surface area contributed by atoms with Gasteiger partial charge < -0.3 is 10.1 Å². The first-order valence-electron chi connectivity index (χ1n) is 8.45. The van der Waals surface area contributed by atoms with Gasteiger partial charge in [-0.25, -0.2) is 4.79 Å². The molecule has 0 spiro atoms. The standard InChI is InChI=1S/C21H20N2O3/c1-26-21(25)18(13-12-15-7-3-2-4-8-15)23-20(24)17-11-5-9-16-10-6-14-22-19(16)17/h2-11,14,18H,12-13H2,1H3,(H,23,24)/t18-/m0/s1. The Morgan fingerprint density at radius 1 is 1.04 bits per heavy atom. The number of methoxy groups -OCH3 is 1. The molecule has 1 N–H and O–H groups in total. The van der Waals surface area contributed by atoms with E-state index in [4.69, 9.17) is 4.74 Å². The number of carbonyl (C=O) groups excluding carboxylic acids is 2. The molecule has 0 aliphatic carbocycles. The van der Waals surface area contributed by atoms with Crippen molar-refractivity contribution in [2.75, 3.05) is 7.11 Å². The molecule has 0 radical (unpaired) electrons. The summed E-state index contributed by atoms with van der Waals surface area (Å²) in [5.74, 6) is -0.791. The van der Waals surface area contributed by atoms with E-state index in [1.807, 2.05) is 48.5 Å². The number of ether oxygens (including phenoxy) is 1. The molecular weight excluding hydrogens is 328 g/mol. The van der Waals surface area contributed by atoms with Crippen LogP contribution in [0, 0.1) is 0 Å². The van der Waals surface area contributed by atoms with Gasteiger partial charge in [0, 0.05) is 11.6 Å². The molecule has 1 atom stereocenters. The van der Waals surface area contributed by atoms with E-state index in [9.17, 15) is 9.59 Å². The van der Waals surface area contributed by atoms with Crippen molar-refractivity contribution in [2.24, 2.45) is 0 Å². The highest BCUT2D eigenvalue weighted by atomic mass is 16.5. The van der Waals surface area contributed by atoms with Gasteiger partial charge in [-0.2, -0.15) is 0 Å². The number of pyridine rings is 1. The number of fused-ring (bicyclic) bond motifs is 1. The van der Waals surface area contributed by atoms with E-state index in [0.717, 1.165) is 10.9 Å². The van der Waals surface area contributed by atoms with E-state index >= 15 is 0 Å². The Labute approximate surface area is 152 Å². The second kappa shape index (κ2) is 8.25. The average Bonchev–Trinajstić information content (AvgIpc) is 2.70. The summed E-state index contributed by atoms with van der Waals surface area (Å²) in [4.78, 5) is 29.1. The third-order valence-electron chi connectivity index (χ3n) is 4.23. The van der Waals surface area contributed by atoms with Gasteiger partial charge in [0.25, 0.3) is 5.91 Å². The van der Waals surface area contributed by atoms with Crippen molar-refractivity contribution in [3.05, 3.63) is 78.0 Å². The van der Waals surface area contributed by atoms with E-state index in [-0.39, 0.29) is 5.91 Å². The zero-order chi connectivity index (χ0) is 18.4. The smallest absolute Gasteiger partial charge is 0.328 e. The van der Waals surface area contributed by atoms with Crippen molar-refractivity contribution in [3.63, 3.8) is 0 Å². The summed E-state index contributed by atoms with van der Waals surface area (Å²) in [7, 11) is 1.32. The maximum atomic E-state index is 12.7. The van der Waals surface area contributed by atoms with Gasteiger partial charge in [0.15, 0.2) is 0 Å².